The van der Waals surface area contributed by atoms with E-state index in [2.05, 4.69) is 16.7 Å². The summed E-state index contributed by atoms with van der Waals surface area (Å²) in [6, 6.07) is 22.6. The molecule has 0 fully saturated rings. The van der Waals surface area contributed by atoms with Gasteiger partial charge in [0.05, 0.1) is 11.6 Å². The normalized spacial score (nSPS) is 11.2. The van der Waals surface area contributed by atoms with Crippen LogP contribution in [0.5, 0.6) is 0 Å². The highest BCUT2D eigenvalue weighted by Crippen LogP contribution is 2.23. The fourth-order valence-corrected chi connectivity index (χ4v) is 3.48. The SMILES string of the molecule is CCNC(=O)[C@H](Cc1cccc(C(=N)N)c1)NC(=O)c1ccc(-c2ccccc2C#N)cc1. The van der Waals surface area contributed by atoms with Crippen LogP contribution in [0.2, 0.25) is 0 Å². The third kappa shape index (κ3) is 5.83. The maximum absolute atomic E-state index is 12.9. The Morgan fingerprint density at radius 2 is 1.76 bits per heavy atom. The zero-order valence-electron chi connectivity index (χ0n) is 18.3. The summed E-state index contributed by atoms with van der Waals surface area (Å²) in [6.45, 7) is 2.25. The fraction of sp³-hybridized carbons (Fsp3) is 0.154. The monoisotopic (exact) mass is 439 g/mol. The van der Waals surface area contributed by atoms with Crippen molar-refractivity contribution >= 4 is 17.6 Å². The van der Waals surface area contributed by atoms with Gasteiger partial charge in [-0.15, -0.1) is 0 Å². The lowest BCUT2D eigenvalue weighted by atomic mass is 9.99. The van der Waals surface area contributed by atoms with Gasteiger partial charge in [0, 0.05) is 24.1 Å². The topological polar surface area (TPSA) is 132 Å². The Bertz CT molecular complexity index is 1210. The Balaban J connectivity index is 1.79. The minimum atomic E-state index is -0.793. The molecular weight excluding hydrogens is 414 g/mol. The number of benzene rings is 3. The molecule has 0 aliphatic heterocycles. The van der Waals surface area contributed by atoms with E-state index >= 15 is 0 Å². The highest BCUT2D eigenvalue weighted by atomic mass is 16.2. The van der Waals surface area contributed by atoms with Gasteiger partial charge in [0.2, 0.25) is 5.91 Å². The molecule has 5 N–H and O–H groups in total. The number of carbonyl (C=O) groups excluding carboxylic acids is 2. The largest absolute Gasteiger partial charge is 0.384 e. The van der Waals surface area contributed by atoms with Crippen LogP contribution in [0.1, 0.15) is 34.0 Å². The number of hydrogen-bond donors (Lipinski definition) is 4. The van der Waals surface area contributed by atoms with Crippen LogP contribution in [0.3, 0.4) is 0 Å². The lowest BCUT2D eigenvalue weighted by molar-refractivity contribution is -0.122. The number of hydrogen-bond acceptors (Lipinski definition) is 4. The molecule has 0 saturated heterocycles. The number of carbonyl (C=O) groups is 2. The van der Waals surface area contributed by atoms with Gasteiger partial charge in [-0.1, -0.05) is 48.5 Å². The zero-order chi connectivity index (χ0) is 23.8. The van der Waals surface area contributed by atoms with Crippen molar-refractivity contribution in [2.24, 2.45) is 5.73 Å². The summed E-state index contributed by atoms with van der Waals surface area (Å²) in [5.74, 6) is -0.735. The smallest absolute Gasteiger partial charge is 0.251 e. The first-order chi connectivity index (χ1) is 15.9. The summed E-state index contributed by atoms with van der Waals surface area (Å²) in [5.41, 5.74) is 9.47. The fourth-order valence-electron chi connectivity index (χ4n) is 3.48. The van der Waals surface area contributed by atoms with Gasteiger partial charge in [-0.25, -0.2) is 0 Å². The third-order valence-corrected chi connectivity index (χ3v) is 5.16. The number of amidine groups is 1. The second-order valence-corrected chi connectivity index (χ2v) is 7.47. The molecule has 3 rings (SSSR count). The number of nitrogens with zero attached hydrogens (tertiary/aromatic N) is 1. The molecule has 0 unspecified atom stereocenters. The minimum absolute atomic E-state index is 0.0616. The van der Waals surface area contributed by atoms with Gasteiger partial charge in [-0.05, 0) is 47.9 Å². The Kier molecular flexibility index (Phi) is 7.55. The number of nitrogens with two attached hydrogens (primary N) is 1. The molecule has 7 nitrogen and oxygen atoms in total. The molecule has 0 spiro atoms. The number of likely N-dealkylation sites (N-methyl/N-ethyl adjacent to an activating group) is 1. The van der Waals surface area contributed by atoms with E-state index in [0.29, 0.717) is 23.2 Å². The second-order valence-electron chi connectivity index (χ2n) is 7.47. The van der Waals surface area contributed by atoms with Crippen molar-refractivity contribution in [3.63, 3.8) is 0 Å². The molecule has 0 saturated carbocycles. The molecule has 0 aromatic heterocycles. The van der Waals surface area contributed by atoms with Gasteiger partial charge in [0.1, 0.15) is 11.9 Å². The van der Waals surface area contributed by atoms with E-state index in [4.69, 9.17) is 11.1 Å². The summed E-state index contributed by atoms with van der Waals surface area (Å²) >= 11 is 0. The van der Waals surface area contributed by atoms with E-state index in [1.807, 2.05) is 25.1 Å². The van der Waals surface area contributed by atoms with Crippen LogP contribution in [0.25, 0.3) is 11.1 Å². The van der Waals surface area contributed by atoms with Gasteiger partial charge in [-0.3, -0.25) is 15.0 Å². The Labute approximate surface area is 192 Å². The molecule has 3 aromatic carbocycles. The number of rotatable bonds is 8. The molecule has 166 valence electrons. The summed E-state index contributed by atoms with van der Waals surface area (Å²) < 4.78 is 0. The van der Waals surface area contributed by atoms with E-state index in [9.17, 15) is 14.9 Å². The third-order valence-electron chi connectivity index (χ3n) is 5.16. The van der Waals surface area contributed by atoms with E-state index in [-0.39, 0.29) is 24.1 Å². The molecule has 0 radical (unpaired) electrons. The van der Waals surface area contributed by atoms with Gasteiger partial charge >= 0.3 is 0 Å². The maximum atomic E-state index is 12.9. The van der Waals surface area contributed by atoms with Gasteiger partial charge in [0.25, 0.3) is 5.91 Å². The number of nitriles is 1. The van der Waals surface area contributed by atoms with Crippen LogP contribution in [0.4, 0.5) is 0 Å². The molecule has 3 aromatic rings. The summed E-state index contributed by atoms with van der Waals surface area (Å²) in [5, 5.41) is 22.5. The summed E-state index contributed by atoms with van der Waals surface area (Å²) in [7, 11) is 0. The number of nitrogen functional groups attached to an aromatic ring is 1. The lowest BCUT2D eigenvalue weighted by Gasteiger charge is -2.19. The van der Waals surface area contributed by atoms with Crippen LogP contribution in [0.15, 0.2) is 72.8 Å². The van der Waals surface area contributed by atoms with E-state index in [1.54, 1.807) is 54.6 Å². The van der Waals surface area contributed by atoms with Gasteiger partial charge in [-0.2, -0.15) is 5.26 Å². The first-order valence-electron chi connectivity index (χ1n) is 10.5. The van der Waals surface area contributed by atoms with Crippen LogP contribution in [0, 0.1) is 16.7 Å². The van der Waals surface area contributed by atoms with E-state index < -0.39 is 6.04 Å². The Hall–Kier alpha value is -4.44. The van der Waals surface area contributed by atoms with Crippen LogP contribution < -0.4 is 16.4 Å². The quantitative estimate of drug-likeness (QED) is 0.317. The minimum Gasteiger partial charge on any atom is -0.384 e. The molecule has 1 atom stereocenters. The predicted octanol–water partition coefficient (Wildman–Crippen LogP) is 2.99. The van der Waals surface area contributed by atoms with Crippen LogP contribution in [-0.2, 0) is 11.2 Å². The highest BCUT2D eigenvalue weighted by Gasteiger charge is 2.22. The standard InChI is InChI=1S/C26H25N5O2/c1-2-30-26(33)23(15-17-6-5-8-20(14-17)24(28)29)31-25(32)19-12-10-18(11-13-19)22-9-4-3-7-21(22)16-27/h3-14,23H,2,15H2,1H3,(H3,28,29)(H,30,33)(H,31,32)/t23-/m0/s1. The molecule has 33 heavy (non-hydrogen) atoms. The van der Waals surface area contributed by atoms with Crippen molar-refractivity contribution in [3.8, 4) is 17.2 Å². The summed E-state index contributed by atoms with van der Waals surface area (Å²) in [4.78, 5) is 25.5. The van der Waals surface area contributed by atoms with Crippen molar-refractivity contribution in [2.45, 2.75) is 19.4 Å². The summed E-state index contributed by atoms with van der Waals surface area (Å²) in [6.07, 6.45) is 0.256. The molecule has 0 aliphatic rings. The first kappa shape index (κ1) is 23.2. The van der Waals surface area contributed by atoms with Crippen molar-refractivity contribution in [1.29, 1.82) is 10.7 Å². The average molecular weight is 440 g/mol. The van der Waals surface area contributed by atoms with Crippen molar-refractivity contribution < 1.29 is 9.59 Å². The lowest BCUT2D eigenvalue weighted by Crippen LogP contribution is -2.48. The number of amides is 2. The second kappa shape index (κ2) is 10.7. The van der Waals surface area contributed by atoms with Gasteiger partial charge < -0.3 is 16.4 Å². The predicted molar refractivity (Wildman–Crippen MR) is 128 cm³/mol. The van der Waals surface area contributed by atoms with Crippen LogP contribution in [-0.4, -0.2) is 30.2 Å². The molecule has 0 bridgehead atoms. The molecule has 0 heterocycles. The molecule has 0 aliphatic carbocycles. The molecule has 2 amide bonds. The Morgan fingerprint density at radius 3 is 2.42 bits per heavy atom. The Morgan fingerprint density at radius 1 is 1.03 bits per heavy atom. The van der Waals surface area contributed by atoms with Crippen molar-refractivity contribution in [2.75, 3.05) is 6.54 Å². The first-order valence-corrected chi connectivity index (χ1v) is 10.5. The average Bonchev–Trinajstić information content (AvgIpc) is 2.84. The zero-order valence-corrected chi connectivity index (χ0v) is 18.3. The van der Waals surface area contributed by atoms with Crippen LogP contribution >= 0.6 is 0 Å². The van der Waals surface area contributed by atoms with Gasteiger partial charge in [0.15, 0.2) is 0 Å². The molecule has 7 heteroatoms. The van der Waals surface area contributed by atoms with Crippen molar-refractivity contribution in [3.05, 3.63) is 95.1 Å². The highest BCUT2D eigenvalue weighted by molar-refractivity contribution is 5.98. The number of nitrogens with one attached hydrogen (secondary N) is 3. The van der Waals surface area contributed by atoms with E-state index in [0.717, 1.165) is 16.7 Å². The maximum Gasteiger partial charge on any atom is 0.251 e. The van der Waals surface area contributed by atoms with E-state index in [1.165, 1.54) is 0 Å². The molecular formula is C26H25N5O2. The van der Waals surface area contributed by atoms with Crippen molar-refractivity contribution in [1.82, 2.24) is 10.6 Å².